The zero-order valence-corrected chi connectivity index (χ0v) is 32.1. The fraction of sp³-hybridized carbons (Fsp3) is 0.571. The van der Waals surface area contributed by atoms with Crippen LogP contribution in [0.1, 0.15) is 150 Å². The lowest BCUT2D eigenvalue weighted by Gasteiger charge is -2.15. The van der Waals surface area contributed by atoms with Gasteiger partial charge in [0.25, 0.3) is 0 Å². The van der Waals surface area contributed by atoms with Gasteiger partial charge in [-0.3, -0.25) is 19.6 Å². The molecule has 0 bridgehead atoms. The molecular weight excluding hydrogens is 580 g/mol. The molecule has 1 aliphatic carbocycles. The molecule has 0 atom stereocenters. The first-order valence-electron chi connectivity index (χ1n) is 18.0. The number of nitrogens with zero attached hydrogens (tertiary/aromatic N) is 2. The molecule has 1 aromatic carbocycles. The number of phenolic OH excluding ortho intramolecular Hbond substituents is 1. The monoisotopic (exact) mass is 649 g/mol. The van der Waals surface area contributed by atoms with E-state index in [2.05, 4.69) is 37.3 Å². The number of hydrogen-bond acceptors (Lipinski definition) is 5. The van der Waals surface area contributed by atoms with Gasteiger partial charge < -0.3 is 5.11 Å². The number of carbonyl (C=O) groups excluding carboxylic acids is 2. The maximum absolute atomic E-state index is 12.6. The zero-order valence-electron chi connectivity index (χ0n) is 32.1. The summed E-state index contributed by atoms with van der Waals surface area (Å²) >= 11 is 0. The topological polar surface area (TPSA) is 79.1 Å². The van der Waals surface area contributed by atoms with E-state index in [1.807, 2.05) is 92.8 Å². The number of aliphatic imine (C=N–C) groups is 2. The molecule has 0 heterocycles. The molecular formula is C42H68N2O3. The summed E-state index contributed by atoms with van der Waals surface area (Å²) in [5.41, 5.74) is 6.31. The molecule has 1 saturated carbocycles. The third-order valence-electron chi connectivity index (χ3n) is 7.70. The first kappa shape index (κ1) is 45.8. The van der Waals surface area contributed by atoms with Gasteiger partial charge in [0, 0.05) is 30.2 Å². The van der Waals surface area contributed by atoms with E-state index >= 15 is 0 Å². The van der Waals surface area contributed by atoms with Crippen LogP contribution in [-0.4, -0.2) is 28.6 Å². The molecule has 47 heavy (non-hydrogen) atoms. The van der Waals surface area contributed by atoms with Crippen LogP contribution in [0.25, 0.3) is 6.08 Å². The quantitative estimate of drug-likeness (QED) is 0.124. The van der Waals surface area contributed by atoms with Gasteiger partial charge in [0.15, 0.2) is 5.78 Å². The minimum atomic E-state index is 0.134. The predicted molar refractivity (Wildman–Crippen MR) is 208 cm³/mol. The molecule has 1 N–H and O–H groups in total. The molecule has 2 rings (SSSR count). The second-order valence-electron chi connectivity index (χ2n) is 12.0. The number of allylic oxidation sites excluding steroid dienone is 4. The summed E-state index contributed by atoms with van der Waals surface area (Å²) in [7, 11) is 0. The Hall–Kier alpha value is -3.34. The molecule has 0 spiro atoms. The van der Waals surface area contributed by atoms with Gasteiger partial charge in [0.2, 0.25) is 0 Å². The van der Waals surface area contributed by atoms with E-state index in [4.69, 9.17) is 0 Å². The average molecular weight is 649 g/mol. The summed E-state index contributed by atoms with van der Waals surface area (Å²) < 4.78 is 0. The Morgan fingerprint density at radius 1 is 0.979 bits per heavy atom. The van der Waals surface area contributed by atoms with Crippen molar-refractivity contribution in [2.75, 3.05) is 0 Å². The molecule has 0 saturated heterocycles. The number of rotatable bonds is 14. The molecule has 1 aliphatic rings. The number of ketones is 2. The van der Waals surface area contributed by atoms with Gasteiger partial charge >= 0.3 is 0 Å². The molecule has 5 heteroatoms. The van der Waals surface area contributed by atoms with Crippen molar-refractivity contribution in [2.24, 2.45) is 21.8 Å². The highest BCUT2D eigenvalue weighted by Gasteiger charge is 2.20. The lowest BCUT2D eigenvalue weighted by atomic mass is 9.89. The van der Waals surface area contributed by atoms with Crippen LogP contribution in [0.5, 0.6) is 5.75 Å². The number of Topliss-reactive ketones (excluding diaryl/α,β-unsaturated/α-hetero) is 2. The van der Waals surface area contributed by atoms with Crippen molar-refractivity contribution < 1.29 is 14.7 Å². The second kappa shape index (κ2) is 27.7. The van der Waals surface area contributed by atoms with Crippen molar-refractivity contribution in [1.29, 1.82) is 0 Å². The van der Waals surface area contributed by atoms with E-state index in [0.717, 1.165) is 90.7 Å². The predicted octanol–water partition coefficient (Wildman–Crippen LogP) is 12.3. The molecule has 264 valence electrons. The Morgan fingerprint density at radius 2 is 1.55 bits per heavy atom. The molecule has 0 amide bonds. The van der Waals surface area contributed by atoms with Crippen molar-refractivity contribution in [2.45, 2.75) is 147 Å². The van der Waals surface area contributed by atoms with E-state index in [9.17, 15) is 14.7 Å². The third-order valence-corrected chi connectivity index (χ3v) is 7.70. The van der Waals surface area contributed by atoms with E-state index in [-0.39, 0.29) is 11.7 Å². The Labute approximate surface area is 289 Å². The first-order valence-corrected chi connectivity index (χ1v) is 18.0. The summed E-state index contributed by atoms with van der Waals surface area (Å²) in [6.07, 6.45) is 19.9. The summed E-state index contributed by atoms with van der Waals surface area (Å²) in [6, 6.07) is 3.77. The summed E-state index contributed by atoms with van der Waals surface area (Å²) in [6.45, 7) is 27.6. The minimum Gasteiger partial charge on any atom is -0.508 e. The highest BCUT2D eigenvalue weighted by molar-refractivity contribution is 6.00. The van der Waals surface area contributed by atoms with Gasteiger partial charge in [-0.2, -0.15) is 0 Å². The Bertz CT molecular complexity index is 1210. The van der Waals surface area contributed by atoms with E-state index in [1.54, 1.807) is 12.1 Å². The van der Waals surface area contributed by atoms with Crippen LogP contribution in [0.3, 0.4) is 0 Å². The molecule has 0 aromatic heterocycles. The lowest BCUT2D eigenvalue weighted by molar-refractivity contribution is -0.122. The van der Waals surface area contributed by atoms with Crippen molar-refractivity contribution >= 4 is 29.6 Å². The van der Waals surface area contributed by atoms with Crippen molar-refractivity contribution in [3.8, 4) is 5.75 Å². The first-order chi connectivity index (χ1) is 22.4. The SMILES string of the molecule is C=C/C=C(N=C(C)C)/C(=C/C)N=CCC.CC.CCC(=O)C1CCCC1.CCCC(CCC)C(=O)/C(C)=C/c1cc(C)cc(O)c1C. The van der Waals surface area contributed by atoms with Gasteiger partial charge in [0.05, 0.1) is 11.4 Å². The Morgan fingerprint density at radius 3 is 2.00 bits per heavy atom. The van der Waals surface area contributed by atoms with Crippen molar-refractivity contribution in [3.05, 3.63) is 70.6 Å². The normalized spacial score (nSPS) is 13.6. The number of aryl methyl sites for hydroxylation is 1. The van der Waals surface area contributed by atoms with Gasteiger partial charge in [-0.25, -0.2) is 0 Å². The third kappa shape index (κ3) is 19.2. The minimum absolute atomic E-state index is 0.134. The van der Waals surface area contributed by atoms with Crippen molar-refractivity contribution in [1.82, 2.24) is 0 Å². The lowest BCUT2D eigenvalue weighted by Crippen LogP contribution is -2.15. The number of benzene rings is 1. The van der Waals surface area contributed by atoms with Crippen LogP contribution in [0.15, 0.2) is 63.9 Å². The van der Waals surface area contributed by atoms with E-state index < -0.39 is 0 Å². The second-order valence-corrected chi connectivity index (χ2v) is 12.0. The van der Waals surface area contributed by atoms with Gasteiger partial charge in [0.1, 0.15) is 11.5 Å². The highest BCUT2D eigenvalue weighted by atomic mass is 16.3. The standard InChI is InChI=1S/C19H28O2.C13H20N2.C8H14O.C2H6/c1-6-8-16(9-7-2)19(21)14(4)12-17-10-13(3)11-18(20)15(17)5;1-6-9-13(15-11(4)5)12(8-3)14-10-7-2;1-2-8(9)7-5-3-4-6-7;1-2/h10-12,16,20H,6-9H2,1-5H3;6,8-10H,1,7H2,2-5H3;7H,2-6H2,1H3;1-2H3/b14-12+;12-8-,13-9-,14-10?;;. The summed E-state index contributed by atoms with van der Waals surface area (Å²) in [5, 5.41) is 9.90. The fourth-order valence-electron chi connectivity index (χ4n) is 5.29. The number of aromatic hydroxyl groups is 1. The van der Waals surface area contributed by atoms with Crippen LogP contribution < -0.4 is 0 Å². The van der Waals surface area contributed by atoms with Crippen LogP contribution >= 0.6 is 0 Å². The highest BCUT2D eigenvalue weighted by Crippen LogP contribution is 2.27. The fourth-order valence-corrected chi connectivity index (χ4v) is 5.29. The van der Waals surface area contributed by atoms with Crippen LogP contribution in [0, 0.1) is 25.7 Å². The van der Waals surface area contributed by atoms with Gasteiger partial charge in [-0.05, 0) is 114 Å². The Kier molecular flexibility index (Phi) is 27.0. The van der Waals surface area contributed by atoms with Crippen LogP contribution in [-0.2, 0) is 9.59 Å². The molecule has 5 nitrogen and oxygen atoms in total. The van der Waals surface area contributed by atoms with Gasteiger partial charge in [-0.15, -0.1) is 0 Å². The number of hydrogen-bond donors (Lipinski definition) is 1. The number of phenols is 1. The van der Waals surface area contributed by atoms with E-state index in [0.29, 0.717) is 17.5 Å². The van der Waals surface area contributed by atoms with Crippen molar-refractivity contribution in [3.63, 3.8) is 0 Å². The smallest absolute Gasteiger partial charge is 0.161 e. The maximum atomic E-state index is 12.6. The maximum Gasteiger partial charge on any atom is 0.161 e. The largest absolute Gasteiger partial charge is 0.508 e. The Balaban J connectivity index is 0. The zero-order chi connectivity index (χ0) is 36.4. The molecule has 0 unspecified atom stereocenters. The summed E-state index contributed by atoms with van der Waals surface area (Å²) in [4.78, 5) is 32.4. The van der Waals surface area contributed by atoms with E-state index in [1.165, 1.54) is 12.8 Å². The average Bonchev–Trinajstić information content (AvgIpc) is 3.60. The molecule has 0 aliphatic heterocycles. The molecule has 0 radical (unpaired) electrons. The van der Waals surface area contributed by atoms with Crippen LogP contribution in [0.4, 0.5) is 0 Å². The molecule has 1 aromatic rings. The summed E-state index contributed by atoms with van der Waals surface area (Å²) in [5.74, 6) is 1.59. The van der Waals surface area contributed by atoms with Gasteiger partial charge in [-0.1, -0.05) is 92.0 Å². The van der Waals surface area contributed by atoms with Crippen LogP contribution in [0.2, 0.25) is 0 Å². The number of carbonyl (C=O) groups is 2. The molecule has 1 fully saturated rings.